The van der Waals surface area contributed by atoms with Gasteiger partial charge in [-0.25, -0.2) is 0 Å². The molecule has 1 saturated heterocycles. The summed E-state index contributed by atoms with van der Waals surface area (Å²) in [6, 6.07) is 7.52. The van der Waals surface area contributed by atoms with Gasteiger partial charge in [-0.05, 0) is 37.1 Å². The number of nitrogens with one attached hydrogen (secondary N) is 2. The second kappa shape index (κ2) is 8.54. The molecule has 0 radical (unpaired) electrons. The third-order valence-electron chi connectivity index (χ3n) is 3.75. The van der Waals surface area contributed by atoms with Crippen molar-refractivity contribution in [2.24, 2.45) is 0 Å². The summed E-state index contributed by atoms with van der Waals surface area (Å²) in [7, 11) is 0. The summed E-state index contributed by atoms with van der Waals surface area (Å²) in [5.41, 5.74) is 1.66. The first kappa shape index (κ1) is 16.5. The number of amides is 2. The van der Waals surface area contributed by atoms with Gasteiger partial charge in [0.1, 0.15) is 0 Å². The van der Waals surface area contributed by atoms with Crippen LogP contribution in [0.1, 0.15) is 42.1 Å². The molecule has 0 bridgehead atoms. The van der Waals surface area contributed by atoms with Gasteiger partial charge in [-0.3, -0.25) is 9.59 Å². The van der Waals surface area contributed by atoms with Gasteiger partial charge in [-0.15, -0.1) is 0 Å². The Hall–Kier alpha value is -1.88. The van der Waals surface area contributed by atoms with Crippen LogP contribution in [0.4, 0.5) is 0 Å². The van der Waals surface area contributed by atoms with E-state index >= 15 is 0 Å². The molecule has 1 aromatic carbocycles. The highest BCUT2D eigenvalue weighted by molar-refractivity contribution is 5.94. The highest BCUT2D eigenvalue weighted by Crippen LogP contribution is 2.15. The molecule has 0 aromatic heterocycles. The second-order valence-electron chi connectivity index (χ2n) is 5.63. The molecule has 1 aliphatic rings. The second-order valence-corrected chi connectivity index (χ2v) is 5.63. The molecule has 120 valence electrons. The van der Waals surface area contributed by atoms with E-state index in [9.17, 15) is 9.59 Å². The van der Waals surface area contributed by atoms with E-state index in [1.165, 1.54) is 0 Å². The average molecular weight is 303 g/mol. The van der Waals surface area contributed by atoms with Gasteiger partial charge in [0.25, 0.3) is 5.91 Å². The third kappa shape index (κ3) is 4.84. The van der Waals surface area contributed by atoms with Crippen molar-refractivity contribution >= 4 is 11.8 Å². The monoisotopic (exact) mass is 303 g/mol. The molecule has 22 heavy (non-hydrogen) atoms. The summed E-state index contributed by atoms with van der Waals surface area (Å²) < 4.78 is 0. The summed E-state index contributed by atoms with van der Waals surface area (Å²) in [5, 5.41) is 6.15. The maximum atomic E-state index is 12.1. The average Bonchev–Trinajstić information content (AvgIpc) is 2.92. The molecule has 1 aromatic rings. The van der Waals surface area contributed by atoms with Gasteiger partial charge >= 0.3 is 0 Å². The molecule has 1 heterocycles. The minimum atomic E-state index is -0.0621. The molecule has 0 atom stereocenters. The van der Waals surface area contributed by atoms with E-state index in [-0.39, 0.29) is 11.8 Å². The molecule has 2 rings (SSSR count). The van der Waals surface area contributed by atoms with E-state index in [1.807, 2.05) is 29.2 Å². The Bertz CT molecular complexity index is 516. The lowest BCUT2D eigenvalue weighted by molar-refractivity contribution is -0.128. The minimum Gasteiger partial charge on any atom is -0.351 e. The molecule has 0 saturated carbocycles. The zero-order valence-corrected chi connectivity index (χ0v) is 13.2. The van der Waals surface area contributed by atoms with Crippen molar-refractivity contribution in [3.05, 3.63) is 35.4 Å². The number of rotatable bonds is 8. The van der Waals surface area contributed by atoms with Gasteiger partial charge in [0.05, 0.1) is 0 Å². The van der Waals surface area contributed by atoms with Gasteiger partial charge in [0.15, 0.2) is 0 Å². The molecule has 5 nitrogen and oxygen atoms in total. The summed E-state index contributed by atoms with van der Waals surface area (Å²) in [6.07, 6.45) is 2.67. The lowest BCUT2D eigenvalue weighted by atomic mass is 10.1. The van der Waals surface area contributed by atoms with Crippen LogP contribution in [0.25, 0.3) is 0 Å². The van der Waals surface area contributed by atoms with Crippen LogP contribution in [0.3, 0.4) is 0 Å². The predicted octanol–water partition coefficient (Wildman–Crippen LogP) is 1.54. The molecule has 2 N–H and O–H groups in total. The van der Waals surface area contributed by atoms with Crippen molar-refractivity contribution in [2.45, 2.75) is 32.7 Å². The Morgan fingerprint density at radius 3 is 2.86 bits per heavy atom. The van der Waals surface area contributed by atoms with Gasteiger partial charge in [0, 0.05) is 38.2 Å². The normalized spacial score (nSPS) is 14.4. The molecule has 0 spiro atoms. The van der Waals surface area contributed by atoms with Crippen molar-refractivity contribution < 1.29 is 9.59 Å². The molecular formula is C17H25N3O2. The van der Waals surface area contributed by atoms with Gasteiger partial charge in [0.2, 0.25) is 5.91 Å². The molecule has 1 aliphatic heterocycles. The fourth-order valence-corrected chi connectivity index (χ4v) is 2.57. The fraction of sp³-hybridized carbons (Fsp3) is 0.529. The first-order valence-corrected chi connectivity index (χ1v) is 8.06. The summed E-state index contributed by atoms with van der Waals surface area (Å²) in [5.74, 6) is 0.143. The summed E-state index contributed by atoms with van der Waals surface area (Å²) in [6.45, 7) is 5.89. The fourth-order valence-electron chi connectivity index (χ4n) is 2.57. The maximum Gasteiger partial charge on any atom is 0.251 e. The highest BCUT2D eigenvalue weighted by atomic mass is 16.2. The van der Waals surface area contributed by atoms with E-state index < -0.39 is 0 Å². The van der Waals surface area contributed by atoms with Gasteiger partial charge < -0.3 is 15.5 Å². The lowest BCUT2D eigenvalue weighted by Crippen LogP contribution is -2.32. The molecule has 0 unspecified atom stereocenters. The SMILES string of the molecule is CCCNCCNC(=O)c1cccc(CN2CCCC2=O)c1. The number of nitrogens with zero attached hydrogens (tertiary/aromatic N) is 1. The predicted molar refractivity (Wildman–Crippen MR) is 86.6 cm³/mol. The first-order chi connectivity index (χ1) is 10.7. The van der Waals surface area contributed by atoms with E-state index in [2.05, 4.69) is 17.6 Å². The first-order valence-electron chi connectivity index (χ1n) is 8.06. The van der Waals surface area contributed by atoms with Crippen molar-refractivity contribution in [2.75, 3.05) is 26.2 Å². The van der Waals surface area contributed by atoms with Crippen LogP contribution < -0.4 is 10.6 Å². The molecule has 0 aliphatic carbocycles. The quantitative estimate of drug-likeness (QED) is 0.716. The Morgan fingerprint density at radius 2 is 2.14 bits per heavy atom. The number of hydrogen-bond acceptors (Lipinski definition) is 3. The van der Waals surface area contributed by atoms with E-state index in [0.29, 0.717) is 25.1 Å². The Balaban J connectivity index is 1.84. The topological polar surface area (TPSA) is 61.4 Å². The van der Waals surface area contributed by atoms with Crippen LogP contribution in [-0.4, -0.2) is 42.9 Å². The Kier molecular flexibility index (Phi) is 6.40. The van der Waals surface area contributed by atoms with E-state index in [0.717, 1.165) is 38.0 Å². The summed E-state index contributed by atoms with van der Waals surface area (Å²) >= 11 is 0. The highest BCUT2D eigenvalue weighted by Gasteiger charge is 2.20. The lowest BCUT2D eigenvalue weighted by Gasteiger charge is -2.16. The van der Waals surface area contributed by atoms with Crippen molar-refractivity contribution in [1.82, 2.24) is 15.5 Å². The number of likely N-dealkylation sites (tertiary alicyclic amines) is 1. The Morgan fingerprint density at radius 1 is 1.27 bits per heavy atom. The number of carbonyl (C=O) groups is 2. The van der Waals surface area contributed by atoms with Crippen molar-refractivity contribution in [1.29, 1.82) is 0 Å². The van der Waals surface area contributed by atoms with Crippen LogP contribution in [-0.2, 0) is 11.3 Å². The van der Waals surface area contributed by atoms with Crippen molar-refractivity contribution in [3.63, 3.8) is 0 Å². The zero-order chi connectivity index (χ0) is 15.8. The van der Waals surface area contributed by atoms with E-state index in [1.54, 1.807) is 0 Å². The number of benzene rings is 1. The molecule has 1 fully saturated rings. The van der Waals surface area contributed by atoms with E-state index in [4.69, 9.17) is 0 Å². The molecular weight excluding hydrogens is 278 g/mol. The third-order valence-corrected chi connectivity index (χ3v) is 3.75. The van der Waals surface area contributed by atoms with Gasteiger partial charge in [-0.1, -0.05) is 19.1 Å². The smallest absolute Gasteiger partial charge is 0.251 e. The minimum absolute atomic E-state index is 0.0621. The van der Waals surface area contributed by atoms with Crippen LogP contribution in [0, 0.1) is 0 Å². The van der Waals surface area contributed by atoms with Crippen LogP contribution in [0.2, 0.25) is 0 Å². The zero-order valence-electron chi connectivity index (χ0n) is 13.2. The standard InChI is InChI=1S/C17H25N3O2/c1-2-8-18-9-10-19-17(22)15-6-3-5-14(12-15)13-20-11-4-7-16(20)21/h3,5-6,12,18H,2,4,7-11,13H2,1H3,(H,19,22). The van der Waals surface area contributed by atoms with Crippen LogP contribution >= 0.6 is 0 Å². The summed E-state index contributed by atoms with van der Waals surface area (Å²) in [4.78, 5) is 25.6. The molecule has 5 heteroatoms. The van der Waals surface area contributed by atoms with Crippen LogP contribution in [0.15, 0.2) is 24.3 Å². The van der Waals surface area contributed by atoms with Crippen LogP contribution in [0.5, 0.6) is 0 Å². The molecule has 2 amide bonds. The number of carbonyl (C=O) groups excluding carboxylic acids is 2. The number of hydrogen-bond donors (Lipinski definition) is 2. The van der Waals surface area contributed by atoms with Gasteiger partial charge in [-0.2, -0.15) is 0 Å². The largest absolute Gasteiger partial charge is 0.351 e. The Labute approximate surface area is 132 Å². The maximum absolute atomic E-state index is 12.1. The van der Waals surface area contributed by atoms with Crippen molar-refractivity contribution in [3.8, 4) is 0 Å².